The summed E-state index contributed by atoms with van der Waals surface area (Å²) in [5, 5.41) is 3.57. The van der Waals surface area contributed by atoms with Crippen molar-refractivity contribution in [2.24, 2.45) is 0 Å². The van der Waals surface area contributed by atoms with Crippen molar-refractivity contribution in [1.82, 2.24) is 0 Å². The topological polar surface area (TPSA) is 47.6 Å². The van der Waals surface area contributed by atoms with Crippen LogP contribution in [-0.2, 0) is 9.47 Å². The van der Waals surface area contributed by atoms with Crippen molar-refractivity contribution in [2.45, 2.75) is 13.0 Å². The number of hydrogen-bond donors (Lipinski definition) is 1. The van der Waals surface area contributed by atoms with E-state index in [0.717, 1.165) is 5.69 Å². The summed E-state index contributed by atoms with van der Waals surface area (Å²) in [7, 11) is 2.96. The maximum Gasteiger partial charge on any atom is 0.339 e. The minimum atomic E-state index is -0.446. The van der Waals surface area contributed by atoms with E-state index >= 15 is 0 Å². The molecular weight excluding hydrogens is 242 g/mol. The molecule has 0 heterocycles. The highest BCUT2D eigenvalue weighted by molar-refractivity contribution is 6.33. The Morgan fingerprint density at radius 3 is 2.76 bits per heavy atom. The number of esters is 1. The number of ether oxygens (including phenoxy) is 2. The van der Waals surface area contributed by atoms with Crippen LogP contribution in [0, 0.1) is 0 Å². The standard InChI is InChI=1S/C12H16ClNO3/c1-8(7-16-2)14-9-4-5-11(13)10(6-9)12(15)17-3/h4-6,8,14H,7H2,1-3H3. The monoisotopic (exact) mass is 257 g/mol. The Morgan fingerprint density at radius 1 is 1.47 bits per heavy atom. The summed E-state index contributed by atoms with van der Waals surface area (Å²) in [6, 6.07) is 5.28. The zero-order chi connectivity index (χ0) is 12.8. The average molecular weight is 258 g/mol. The Labute approximate surface area is 106 Å². The van der Waals surface area contributed by atoms with Crippen LogP contribution in [-0.4, -0.2) is 32.8 Å². The van der Waals surface area contributed by atoms with Crippen molar-refractivity contribution in [3.63, 3.8) is 0 Å². The zero-order valence-electron chi connectivity index (χ0n) is 10.1. The molecule has 17 heavy (non-hydrogen) atoms. The van der Waals surface area contributed by atoms with Gasteiger partial charge in [-0.1, -0.05) is 11.6 Å². The molecule has 1 aromatic rings. The summed E-state index contributed by atoms with van der Waals surface area (Å²) in [4.78, 5) is 11.4. The normalized spacial score (nSPS) is 12.0. The minimum Gasteiger partial charge on any atom is -0.465 e. The van der Waals surface area contributed by atoms with Crippen LogP contribution in [0.5, 0.6) is 0 Å². The van der Waals surface area contributed by atoms with Gasteiger partial charge in [0.1, 0.15) is 0 Å². The molecule has 0 saturated carbocycles. The first kappa shape index (κ1) is 13.8. The summed E-state index contributed by atoms with van der Waals surface area (Å²) in [6.07, 6.45) is 0. The van der Waals surface area contributed by atoms with Crippen LogP contribution < -0.4 is 5.32 Å². The van der Waals surface area contributed by atoms with E-state index in [0.29, 0.717) is 17.2 Å². The van der Waals surface area contributed by atoms with Gasteiger partial charge in [-0.15, -0.1) is 0 Å². The first-order valence-electron chi connectivity index (χ1n) is 5.21. The van der Waals surface area contributed by atoms with Gasteiger partial charge in [-0.25, -0.2) is 4.79 Å². The van der Waals surface area contributed by atoms with Gasteiger partial charge in [0.05, 0.1) is 24.3 Å². The van der Waals surface area contributed by atoms with Crippen LogP contribution in [0.2, 0.25) is 5.02 Å². The molecule has 0 aliphatic rings. The number of anilines is 1. The van der Waals surface area contributed by atoms with Crippen LogP contribution in [0.25, 0.3) is 0 Å². The van der Waals surface area contributed by atoms with Crippen LogP contribution in [0.15, 0.2) is 18.2 Å². The molecule has 0 radical (unpaired) electrons. The lowest BCUT2D eigenvalue weighted by atomic mass is 10.2. The van der Waals surface area contributed by atoms with Gasteiger partial charge in [0.25, 0.3) is 0 Å². The van der Waals surface area contributed by atoms with Gasteiger partial charge in [0.15, 0.2) is 0 Å². The highest BCUT2D eigenvalue weighted by Gasteiger charge is 2.12. The Morgan fingerprint density at radius 2 is 2.18 bits per heavy atom. The molecule has 4 nitrogen and oxygen atoms in total. The second-order valence-electron chi connectivity index (χ2n) is 3.69. The fourth-order valence-electron chi connectivity index (χ4n) is 1.46. The predicted octanol–water partition coefficient (Wildman–Crippen LogP) is 2.57. The number of methoxy groups -OCH3 is 2. The van der Waals surface area contributed by atoms with E-state index in [-0.39, 0.29) is 6.04 Å². The number of nitrogens with one attached hydrogen (secondary N) is 1. The van der Waals surface area contributed by atoms with E-state index in [1.165, 1.54) is 7.11 Å². The molecule has 5 heteroatoms. The summed E-state index contributed by atoms with van der Waals surface area (Å²) >= 11 is 5.91. The molecule has 1 atom stereocenters. The highest BCUT2D eigenvalue weighted by Crippen LogP contribution is 2.21. The van der Waals surface area contributed by atoms with Gasteiger partial charge in [0.2, 0.25) is 0 Å². The molecule has 1 N–H and O–H groups in total. The molecule has 1 rings (SSSR count). The molecule has 0 spiro atoms. The maximum absolute atomic E-state index is 11.4. The van der Waals surface area contributed by atoms with E-state index in [2.05, 4.69) is 10.1 Å². The minimum absolute atomic E-state index is 0.145. The third-order valence-electron chi connectivity index (χ3n) is 2.20. The van der Waals surface area contributed by atoms with Crippen LogP contribution in [0.1, 0.15) is 17.3 Å². The van der Waals surface area contributed by atoms with E-state index in [1.807, 2.05) is 6.92 Å². The molecule has 0 fully saturated rings. The van der Waals surface area contributed by atoms with Crippen molar-refractivity contribution in [3.8, 4) is 0 Å². The molecule has 0 saturated heterocycles. The summed E-state index contributed by atoms with van der Waals surface area (Å²) in [6.45, 7) is 2.56. The van der Waals surface area contributed by atoms with Crippen molar-refractivity contribution >= 4 is 23.3 Å². The maximum atomic E-state index is 11.4. The van der Waals surface area contributed by atoms with Gasteiger partial charge in [-0.05, 0) is 25.1 Å². The van der Waals surface area contributed by atoms with E-state index in [9.17, 15) is 4.79 Å². The lowest BCUT2D eigenvalue weighted by molar-refractivity contribution is 0.0601. The van der Waals surface area contributed by atoms with Crippen LogP contribution >= 0.6 is 11.6 Å². The third-order valence-corrected chi connectivity index (χ3v) is 2.53. The second-order valence-corrected chi connectivity index (χ2v) is 4.09. The summed E-state index contributed by atoms with van der Waals surface area (Å²) in [5.74, 6) is -0.446. The largest absolute Gasteiger partial charge is 0.465 e. The second kappa shape index (κ2) is 6.47. The van der Waals surface area contributed by atoms with E-state index < -0.39 is 5.97 Å². The molecule has 0 aromatic heterocycles. The van der Waals surface area contributed by atoms with Crippen molar-refractivity contribution in [3.05, 3.63) is 28.8 Å². The van der Waals surface area contributed by atoms with Crippen LogP contribution in [0.4, 0.5) is 5.69 Å². The number of carbonyl (C=O) groups is 1. The fraction of sp³-hybridized carbons (Fsp3) is 0.417. The molecule has 0 amide bonds. The van der Waals surface area contributed by atoms with Crippen LogP contribution in [0.3, 0.4) is 0 Å². The number of halogens is 1. The van der Waals surface area contributed by atoms with Gasteiger partial charge in [-0.3, -0.25) is 0 Å². The van der Waals surface area contributed by atoms with Crippen molar-refractivity contribution in [2.75, 3.05) is 26.1 Å². The van der Waals surface area contributed by atoms with E-state index in [1.54, 1.807) is 25.3 Å². The first-order valence-corrected chi connectivity index (χ1v) is 5.59. The molecule has 0 aliphatic carbocycles. The summed E-state index contributed by atoms with van der Waals surface area (Å²) < 4.78 is 9.67. The third kappa shape index (κ3) is 3.91. The fourth-order valence-corrected chi connectivity index (χ4v) is 1.65. The van der Waals surface area contributed by atoms with Crippen molar-refractivity contribution in [1.29, 1.82) is 0 Å². The number of rotatable bonds is 5. The molecule has 1 aromatic carbocycles. The highest BCUT2D eigenvalue weighted by atomic mass is 35.5. The number of carbonyl (C=O) groups excluding carboxylic acids is 1. The number of benzene rings is 1. The predicted molar refractivity (Wildman–Crippen MR) is 67.8 cm³/mol. The van der Waals surface area contributed by atoms with Gasteiger partial charge in [-0.2, -0.15) is 0 Å². The lowest BCUT2D eigenvalue weighted by Gasteiger charge is -2.15. The smallest absolute Gasteiger partial charge is 0.339 e. The SMILES string of the molecule is COCC(C)Nc1ccc(Cl)c(C(=O)OC)c1. The molecule has 0 aliphatic heterocycles. The molecular formula is C12H16ClNO3. The first-order chi connectivity index (χ1) is 8.08. The molecule has 1 unspecified atom stereocenters. The van der Waals surface area contributed by atoms with Gasteiger partial charge in [0, 0.05) is 18.8 Å². The van der Waals surface area contributed by atoms with Gasteiger partial charge < -0.3 is 14.8 Å². The molecule has 94 valence electrons. The average Bonchev–Trinajstić information content (AvgIpc) is 2.31. The Hall–Kier alpha value is -1.26. The number of hydrogen-bond acceptors (Lipinski definition) is 4. The quantitative estimate of drug-likeness (QED) is 0.824. The zero-order valence-corrected chi connectivity index (χ0v) is 10.9. The van der Waals surface area contributed by atoms with Crippen molar-refractivity contribution < 1.29 is 14.3 Å². The van der Waals surface area contributed by atoms with Gasteiger partial charge >= 0.3 is 5.97 Å². The Kier molecular flexibility index (Phi) is 5.25. The Bertz CT molecular complexity index is 395. The van der Waals surface area contributed by atoms with E-state index in [4.69, 9.17) is 16.3 Å². The lowest BCUT2D eigenvalue weighted by Crippen LogP contribution is -2.21. The molecule has 0 bridgehead atoms. The Balaban J connectivity index is 2.85. The summed E-state index contributed by atoms with van der Waals surface area (Å²) in [5.41, 5.74) is 1.16.